The molecule has 3 N–H and O–H groups in total. The van der Waals surface area contributed by atoms with Gasteiger partial charge >= 0.3 is 6.03 Å². The summed E-state index contributed by atoms with van der Waals surface area (Å²) in [5.41, 5.74) is 5.44. The molecule has 0 bridgehead atoms. The first-order chi connectivity index (χ1) is 14.8. The van der Waals surface area contributed by atoms with Gasteiger partial charge in [-0.05, 0) is 35.9 Å². The largest absolute Gasteiger partial charge is 0.497 e. The lowest BCUT2D eigenvalue weighted by atomic mass is 10.1. The van der Waals surface area contributed by atoms with E-state index in [1.54, 1.807) is 30.3 Å². The van der Waals surface area contributed by atoms with Crippen molar-refractivity contribution >= 4 is 35.5 Å². The molecule has 2 aromatic carbocycles. The number of hydrogen-bond donors (Lipinski definition) is 2. The van der Waals surface area contributed by atoms with Gasteiger partial charge in [0.05, 0.1) is 19.9 Å². The number of ether oxygens (including phenoxy) is 3. The third-order valence-electron chi connectivity index (χ3n) is 4.30. The fourth-order valence-corrected chi connectivity index (χ4v) is 2.83. The predicted molar refractivity (Wildman–Crippen MR) is 110 cm³/mol. The zero-order chi connectivity index (χ0) is 22.5. The van der Waals surface area contributed by atoms with E-state index >= 15 is 0 Å². The fraction of sp³-hybridized carbons (Fsp3) is 0.143. The molecule has 1 aliphatic rings. The lowest BCUT2D eigenvalue weighted by Crippen LogP contribution is -2.54. The van der Waals surface area contributed by atoms with Gasteiger partial charge in [-0.3, -0.25) is 19.7 Å². The van der Waals surface area contributed by atoms with E-state index in [0.29, 0.717) is 17.1 Å². The molecule has 10 nitrogen and oxygen atoms in total. The van der Waals surface area contributed by atoms with E-state index in [0.717, 1.165) is 4.90 Å². The number of primary amides is 1. The summed E-state index contributed by atoms with van der Waals surface area (Å²) in [5, 5.41) is 2.15. The van der Waals surface area contributed by atoms with Gasteiger partial charge in [0.2, 0.25) is 0 Å². The summed E-state index contributed by atoms with van der Waals surface area (Å²) in [6.45, 7) is -0.276. The number of anilines is 1. The molecule has 0 atom stereocenters. The van der Waals surface area contributed by atoms with Gasteiger partial charge in [-0.25, -0.2) is 9.69 Å². The molecular formula is C21H19N3O7. The van der Waals surface area contributed by atoms with Crippen molar-refractivity contribution < 1.29 is 33.4 Å². The summed E-state index contributed by atoms with van der Waals surface area (Å²) in [5.74, 6) is -1.18. The number of barbiturate groups is 1. The second kappa shape index (κ2) is 8.99. The third-order valence-corrected chi connectivity index (χ3v) is 4.30. The standard InChI is InChI=1S/C21H19N3O7/c1-29-14-7-8-16(17(10-14)30-2)24-20(27)15(19(26)23-21(24)28)9-12-3-5-13(6-4-12)31-11-18(22)25/h3-10H,11H2,1-2H3,(H2,22,25)(H,23,26,28)/b15-9+. The van der Waals surface area contributed by atoms with Crippen molar-refractivity contribution in [2.45, 2.75) is 0 Å². The van der Waals surface area contributed by atoms with Crippen LogP contribution in [0.1, 0.15) is 5.56 Å². The second-order valence-corrected chi connectivity index (χ2v) is 6.32. The van der Waals surface area contributed by atoms with Crippen LogP contribution in [0.2, 0.25) is 0 Å². The topological polar surface area (TPSA) is 137 Å². The Kier molecular flexibility index (Phi) is 6.20. The summed E-state index contributed by atoms with van der Waals surface area (Å²) >= 11 is 0. The molecule has 10 heteroatoms. The number of nitrogens with zero attached hydrogens (tertiary/aromatic N) is 1. The Balaban J connectivity index is 1.92. The van der Waals surface area contributed by atoms with E-state index in [9.17, 15) is 19.2 Å². The molecule has 1 saturated heterocycles. The average Bonchev–Trinajstić information content (AvgIpc) is 2.76. The predicted octanol–water partition coefficient (Wildman–Crippen LogP) is 1.23. The zero-order valence-corrected chi connectivity index (χ0v) is 16.7. The molecular weight excluding hydrogens is 406 g/mol. The molecule has 0 aliphatic carbocycles. The molecule has 1 heterocycles. The minimum absolute atomic E-state index is 0.152. The van der Waals surface area contributed by atoms with Gasteiger partial charge in [-0.15, -0.1) is 0 Å². The average molecular weight is 425 g/mol. The molecule has 0 aromatic heterocycles. The molecule has 3 rings (SSSR count). The minimum Gasteiger partial charge on any atom is -0.497 e. The van der Waals surface area contributed by atoms with Crippen molar-refractivity contribution in [2.75, 3.05) is 25.7 Å². The maximum Gasteiger partial charge on any atom is 0.336 e. The van der Waals surface area contributed by atoms with Crippen molar-refractivity contribution in [3.8, 4) is 17.2 Å². The van der Waals surface area contributed by atoms with Crippen molar-refractivity contribution in [1.82, 2.24) is 5.32 Å². The Bertz CT molecular complexity index is 1080. The highest BCUT2D eigenvalue weighted by Gasteiger charge is 2.38. The molecule has 1 fully saturated rings. The number of nitrogens with one attached hydrogen (secondary N) is 1. The number of urea groups is 1. The van der Waals surface area contributed by atoms with Crippen LogP contribution in [0.5, 0.6) is 17.2 Å². The fourth-order valence-electron chi connectivity index (χ4n) is 2.83. The molecule has 160 valence electrons. The second-order valence-electron chi connectivity index (χ2n) is 6.32. The minimum atomic E-state index is -0.897. The van der Waals surface area contributed by atoms with Crippen molar-refractivity contribution in [1.29, 1.82) is 0 Å². The van der Waals surface area contributed by atoms with E-state index in [1.807, 2.05) is 0 Å². The van der Waals surface area contributed by atoms with Crippen molar-refractivity contribution in [2.24, 2.45) is 5.73 Å². The van der Waals surface area contributed by atoms with Crippen LogP contribution in [0.25, 0.3) is 6.08 Å². The molecule has 0 saturated carbocycles. The molecule has 2 aromatic rings. The number of carbonyl (C=O) groups is 4. The first kappa shape index (κ1) is 21.4. The van der Waals surface area contributed by atoms with Crippen LogP contribution in [0, 0.1) is 0 Å². The number of imide groups is 2. The molecule has 0 unspecified atom stereocenters. The highest BCUT2D eigenvalue weighted by molar-refractivity contribution is 6.39. The third kappa shape index (κ3) is 4.64. The number of methoxy groups -OCH3 is 2. The van der Waals surface area contributed by atoms with Crippen LogP contribution in [0.4, 0.5) is 10.5 Å². The molecule has 0 radical (unpaired) electrons. The number of rotatable bonds is 7. The summed E-state index contributed by atoms with van der Waals surface area (Å²) < 4.78 is 15.6. The van der Waals surface area contributed by atoms with E-state index in [4.69, 9.17) is 19.9 Å². The first-order valence-corrected chi connectivity index (χ1v) is 8.98. The lowest BCUT2D eigenvalue weighted by Gasteiger charge is -2.27. The molecule has 0 spiro atoms. The summed E-state index contributed by atoms with van der Waals surface area (Å²) in [6, 6.07) is 9.92. The molecule has 5 amide bonds. The van der Waals surface area contributed by atoms with Gasteiger partial charge in [0.15, 0.2) is 6.61 Å². The number of amides is 5. The maximum absolute atomic E-state index is 13.0. The van der Waals surface area contributed by atoms with Gasteiger partial charge in [-0.1, -0.05) is 12.1 Å². The smallest absolute Gasteiger partial charge is 0.336 e. The highest BCUT2D eigenvalue weighted by Crippen LogP contribution is 2.34. The summed E-state index contributed by atoms with van der Waals surface area (Å²) in [7, 11) is 2.85. The monoisotopic (exact) mass is 425 g/mol. The van der Waals surface area contributed by atoms with Crippen LogP contribution in [0.15, 0.2) is 48.0 Å². The Hall–Kier alpha value is -4.34. The number of hydrogen-bond acceptors (Lipinski definition) is 7. The Morgan fingerprint density at radius 1 is 1.03 bits per heavy atom. The van der Waals surface area contributed by atoms with E-state index in [1.165, 1.54) is 32.4 Å². The summed E-state index contributed by atoms with van der Waals surface area (Å²) in [6.07, 6.45) is 1.34. The maximum atomic E-state index is 13.0. The SMILES string of the molecule is COc1ccc(N2C(=O)NC(=O)/C(=C\c3ccc(OCC(N)=O)cc3)C2=O)c(OC)c1. The van der Waals surface area contributed by atoms with Gasteiger partial charge in [0.25, 0.3) is 17.7 Å². The first-order valence-electron chi connectivity index (χ1n) is 8.98. The van der Waals surface area contributed by atoms with Crippen LogP contribution in [-0.2, 0) is 14.4 Å². The van der Waals surface area contributed by atoms with E-state index in [-0.39, 0.29) is 23.6 Å². The Morgan fingerprint density at radius 2 is 1.71 bits per heavy atom. The van der Waals surface area contributed by atoms with Gasteiger partial charge < -0.3 is 19.9 Å². The normalized spacial score (nSPS) is 15.0. The van der Waals surface area contributed by atoms with Gasteiger partial charge in [0.1, 0.15) is 22.8 Å². The van der Waals surface area contributed by atoms with Gasteiger partial charge in [-0.2, -0.15) is 0 Å². The lowest BCUT2D eigenvalue weighted by molar-refractivity contribution is -0.123. The Morgan fingerprint density at radius 3 is 2.32 bits per heavy atom. The molecule has 31 heavy (non-hydrogen) atoms. The van der Waals surface area contributed by atoms with Gasteiger partial charge in [0, 0.05) is 6.07 Å². The van der Waals surface area contributed by atoms with Crippen molar-refractivity contribution in [3.05, 3.63) is 53.6 Å². The van der Waals surface area contributed by atoms with Crippen molar-refractivity contribution in [3.63, 3.8) is 0 Å². The van der Waals surface area contributed by atoms with E-state index < -0.39 is 23.8 Å². The van der Waals surface area contributed by atoms with Crippen LogP contribution < -0.4 is 30.2 Å². The zero-order valence-electron chi connectivity index (χ0n) is 16.7. The molecule has 1 aliphatic heterocycles. The quantitative estimate of drug-likeness (QED) is 0.503. The van der Waals surface area contributed by atoms with Crippen LogP contribution >= 0.6 is 0 Å². The summed E-state index contributed by atoms with van der Waals surface area (Å²) in [4.78, 5) is 49.4. The number of nitrogens with two attached hydrogens (primary N) is 1. The Labute approximate surface area is 177 Å². The highest BCUT2D eigenvalue weighted by atomic mass is 16.5. The number of benzene rings is 2. The van der Waals surface area contributed by atoms with Crippen LogP contribution in [0.3, 0.4) is 0 Å². The number of carbonyl (C=O) groups excluding carboxylic acids is 4. The van der Waals surface area contributed by atoms with E-state index in [2.05, 4.69) is 5.32 Å². The van der Waals surface area contributed by atoms with Crippen LogP contribution in [-0.4, -0.2) is 44.6 Å².